The molecule has 0 bridgehead atoms. The lowest BCUT2D eigenvalue weighted by molar-refractivity contribution is 0.912. The van der Waals surface area contributed by atoms with E-state index in [-0.39, 0.29) is 0 Å². The third-order valence-electron chi connectivity index (χ3n) is 1.33. The molecule has 0 atom stereocenters. The Hall–Kier alpha value is -0.370. The highest BCUT2D eigenvalue weighted by Crippen LogP contribution is 2.07. The molecule has 0 aliphatic heterocycles. The minimum Gasteiger partial charge on any atom is -0.249 e. The highest BCUT2D eigenvalue weighted by atomic mass is 79.9. The molecule has 0 aliphatic carbocycles. The predicted octanol–water partition coefficient (Wildman–Crippen LogP) is 2.80. The van der Waals surface area contributed by atoms with Crippen molar-refractivity contribution in [2.75, 3.05) is 0 Å². The molecule has 0 unspecified atom stereocenters. The van der Waals surface area contributed by atoms with Gasteiger partial charge in [-0.15, -0.1) is 0 Å². The first-order chi connectivity index (χ1) is 4.83. The van der Waals surface area contributed by atoms with Crippen molar-refractivity contribution in [1.29, 1.82) is 0 Å². The van der Waals surface area contributed by atoms with E-state index >= 15 is 0 Å². The molecular weight excluding hydrogens is 190 g/mol. The Kier molecular flexibility index (Phi) is 2.87. The zero-order chi connectivity index (χ0) is 7.40. The maximum Gasteiger partial charge on any atom is 0.106 e. The monoisotopic (exact) mass is 199 g/mol. The summed E-state index contributed by atoms with van der Waals surface area (Å²) in [6, 6.07) is 4.07. The van der Waals surface area contributed by atoms with E-state index in [0.29, 0.717) is 0 Å². The Balaban J connectivity index is 2.69. The van der Waals surface area contributed by atoms with Gasteiger partial charge in [-0.2, -0.15) is 0 Å². The van der Waals surface area contributed by atoms with Crippen LogP contribution in [-0.4, -0.2) is 4.98 Å². The second kappa shape index (κ2) is 3.71. The molecule has 0 radical (unpaired) electrons. The highest BCUT2D eigenvalue weighted by molar-refractivity contribution is 9.10. The molecule has 0 aliphatic rings. The molecule has 10 heavy (non-hydrogen) atoms. The van der Waals surface area contributed by atoms with Gasteiger partial charge in [0.25, 0.3) is 0 Å². The topological polar surface area (TPSA) is 12.9 Å². The van der Waals surface area contributed by atoms with Crippen molar-refractivity contribution in [1.82, 2.24) is 4.98 Å². The van der Waals surface area contributed by atoms with E-state index in [9.17, 15) is 0 Å². The van der Waals surface area contributed by atoms with Gasteiger partial charge < -0.3 is 0 Å². The average molecular weight is 200 g/mol. The summed E-state index contributed by atoms with van der Waals surface area (Å²) in [5.74, 6) is 0. The van der Waals surface area contributed by atoms with Crippen molar-refractivity contribution in [3.63, 3.8) is 0 Å². The molecular formula is C8H10BrN. The Morgan fingerprint density at radius 3 is 2.80 bits per heavy atom. The number of nitrogens with zero attached hydrogens (tertiary/aromatic N) is 1. The Morgan fingerprint density at radius 2 is 2.30 bits per heavy atom. The third kappa shape index (κ3) is 2.10. The van der Waals surface area contributed by atoms with Gasteiger partial charge in [-0.05, 0) is 34.0 Å². The summed E-state index contributed by atoms with van der Waals surface area (Å²) in [5.41, 5.74) is 1.31. The maximum absolute atomic E-state index is 4.11. The summed E-state index contributed by atoms with van der Waals surface area (Å²) in [4.78, 5) is 4.11. The summed E-state index contributed by atoms with van der Waals surface area (Å²) < 4.78 is 0.910. The van der Waals surface area contributed by atoms with Crippen LogP contribution in [0.3, 0.4) is 0 Å². The van der Waals surface area contributed by atoms with Crippen LogP contribution in [0.25, 0.3) is 0 Å². The first-order valence-corrected chi connectivity index (χ1v) is 4.22. The van der Waals surface area contributed by atoms with Gasteiger partial charge in [0.1, 0.15) is 4.60 Å². The standard InChI is InChI=1S/C8H10BrN/c1-2-3-7-4-5-8(9)10-6-7/h4-6H,2-3H2,1H3. The van der Waals surface area contributed by atoms with Gasteiger partial charge in [0, 0.05) is 6.20 Å². The molecule has 0 saturated carbocycles. The van der Waals surface area contributed by atoms with Crippen molar-refractivity contribution < 1.29 is 0 Å². The van der Waals surface area contributed by atoms with Gasteiger partial charge in [-0.3, -0.25) is 0 Å². The summed E-state index contributed by atoms with van der Waals surface area (Å²) in [6.07, 6.45) is 4.22. The fraction of sp³-hybridized carbons (Fsp3) is 0.375. The first-order valence-electron chi connectivity index (χ1n) is 3.43. The predicted molar refractivity (Wildman–Crippen MR) is 45.9 cm³/mol. The van der Waals surface area contributed by atoms with Crippen molar-refractivity contribution >= 4 is 15.9 Å². The number of aromatic nitrogens is 1. The van der Waals surface area contributed by atoms with Gasteiger partial charge in [-0.25, -0.2) is 4.98 Å². The molecule has 0 aromatic carbocycles. The third-order valence-corrected chi connectivity index (χ3v) is 1.80. The Labute approximate surface area is 69.6 Å². The van der Waals surface area contributed by atoms with Crippen molar-refractivity contribution in [3.05, 3.63) is 28.5 Å². The van der Waals surface area contributed by atoms with Crippen molar-refractivity contribution in [3.8, 4) is 0 Å². The minimum absolute atomic E-state index is 0.910. The molecule has 2 heteroatoms. The lowest BCUT2D eigenvalue weighted by Crippen LogP contribution is -1.83. The van der Waals surface area contributed by atoms with E-state index in [1.807, 2.05) is 12.3 Å². The van der Waals surface area contributed by atoms with E-state index in [1.54, 1.807) is 0 Å². The lowest BCUT2D eigenvalue weighted by Gasteiger charge is -1.95. The normalized spacial score (nSPS) is 9.80. The van der Waals surface area contributed by atoms with Crippen molar-refractivity contribution in [2.24, 2.45) is 0 Å². The van der Waals surface area contributed by atoms with E-state index in [0.717, 1.165) is 11.0 Å². The summed E-state index contributed by atoms with van der Waals surface area (Å²) in [5, 5.41) is 0. The van der Waals surface area contributed by atoms with E-state index in [4.69, 9.17) is 0 Å². The second-order valence-corrected chi connectivity index (χ2v) is 3.05. The number of pyridine rings is 1. The van der Waals surface area contributed by atoms with Crippen LogP contribution in [0.2, 0.25) is 0 Å². The molecule has 1 aromatic heterocycles. The summed E-state index contributed by atoms with van der Waals surface area (Å²) >= 11 is 3.29. The first kappa shape index (κ1) is 7.73. The summed E-state index contributed by atoms with van der Waals surface area (Å²) in [6.45, 7) is 2.17. The molecule has 0 N–H and O–H groups in total. The van der Waals surface area contributed by atoms with Crippen LogP contribution in [0.5, 0.6) is 0 Å². The molecule has 54 valence electrons. The molecule has 0 fully saturated rings. The van der Waals surface area contributed by atoms with Crippen LogP contribution in [0, 0.1) is 0 Å². The fourth-order valence-corrected chi connectivity index (χ4v) is 1.08. The molecule has 1 aromatic rings. The second-order valence-electron chi connectivity index (χ2n) is 2.24. The number of halogens is 1. The molecule has 0 spiro atoms. The van der Waals surface area contributed by atoms with Crippen LogP contribution < -0.4 is 0 Å². The van der Waals surface area contributed by atoms with E-state index in [1.165, 1.54) is 12.0 Å². The molecule has 0 amide bonds. The van der Waals surface area contributed by atoms with Gasteiger partial charge in [-0.1, -0.05) is 19.4 Å². The smallest absolute Gasteiger partial charge is 0.106 e. The van der Waals surface area contributed by atoms with Crippen LogP contribution in [0.4, 0.5) is 0 Å². The number of hydrogen-bond donors (Lipinski definition) is 0. The van der Waals surface area contributed by atoms with Crippen LogP contribution >= 0.6 is 15.9 Å². The SMILES string of the molecule is CCCc1ccc(Br)nc1. The number of aryl methyl sites for hydroxylation is 1. The van der Waals surface area contributed by atoms with Crippen LogP contribution in [0.1, 0.15) is 18.9 Å². The Morgan fingerprint density at radius 1 is 1.50 bits per heavy atom. The molecule has 1 rings (SSSR count). The zero-order valence-corrected chi connectivity index (χ0v) is 7.56. The lowest BCUT2D eigenvalue weighted by atomic mass is 10.2. The summed E-state index contributed by atoms with van der Waals surface area (Å²) in [7, 11) is 0. The van der Waals surface area contributed by atoms with Gasteiger partial charge in [0.2, 0.25) is 0 Å². The van der Waals surface area contributed by atoms with Gasteiger partial charge in [0.15, 0.2) is 0 Å². The number of rotatable bonds is 2. The van der Waals surface area contributed by atoms with E-state index < -0.39 is 0 Å². The largest absolute Gasteiger partial charge is 0.249 e. The maximum atomic E-state index is 4.11. The van der Waals surface area contributed by atoms with E-state index in [2.05, 4.69) is 33.9 Å². The number of hydrogen-bond acceptors (Lipinski definition) is 1. The zero-order valence-electron chi connectivity index (χ0n) is 5.97. The van der Waals surface area contributed by atoms with Gasteiger partial charge in [0.05, 0.1) is 0 Å². The molecule has 1 nitrogen and oxygen atoms in total. The Bertz CT molecular complexity index is 193. The molecule has 1 heterocycles. The fourth-order valence-electron chi connectivity index (χ4n) is 0.843. The van der Waals surface area contributed by atoms with Gasteiger partial charge >= 0.3 is 0 Å². The van der Waals surface area contributed by atoms with Crippen LogP contribution in [0.15, 0.2) is 22.9 Å². The van der Waals surface area contributed by atoms with Crippen molar-refractivity contribution in [2.45, 2.75) is 19.8 Å². The average Bonchev–Trinajstić information content (AvgIpc) is 1.95. The highest BCUT2D eigenvalue weighted by Gasteiger charge is 1.90. The van der Waals surface area contributed by atoms with Crippen LogP contribution in [-0.2, 0) is 6.42 Å². The quantitative estimate of drug-likeness (QED) is 0.669. The minimum atomic E-state index is 0.910. The molecule has 0 saturated heterocycles.